The molecule has 0 saturated carbocycles. The van der Waals surface area contributed by atoms with Crippen LogP contribution in [-0.4, -0.2) is 29.9 Å². The minimum absolute atomic E-state index is 0.131. The lowest BCUT2D eigenvalue weighted by Crippen LogP contribution is -2.23. The van der Waals surface area contributed by atoms with Gasteiger partial charge in [0.2, 0.25) is 0 Å². The van der Waals surface area contributed by atoms with Crippen LogP contribution in [0, 0.1) is 6.92 Å². The Kier molecular flexibility index (Phi) is 3.34. The Balaban J connectivity index is 3.22. The highest BCUT2D eigenvalue weighted by Crippen LogP contribution is 2.22. The van der Waals surface area contributed by atoms with Crippen LogP contribution < -0.4 is 0 Å². The molecule has 0 saturated heterocycles. The number of rotatable bonds is 1. The lowest BCUT2D eigenvalue weighted by Gasteiger charge is -2.12. The van der Waals surface area contributed by atoms with Crippen LogP contribution in [0.3, 0.4) is 0 Å². The van der Waals surface area contributed by atoms with Crippen molar-refractivity contribution in [2.24, 2.45) is 0 Å². The zero-order valence-corrected chi connectivity index (χ0v) is 9.65. The molecular weight excluding hydrogens is 223 g/mol. The summed E-state index contributed by atoms with van der Waals surface area (Å²) in [5.74, 6) is -0.131. The molecule has 0 fully saturated rings. The van der Waals surface area contributed by atoms with Crippen molar-refractivity contribution in [1.82, 2.24) is 9.88 Å². The minimum atomic E-state index is -0.131. The SMILES string of the molecule is Cc1nc(Cl)c(Cl)cc1C(=O)N(C)C. The molecule has 5 heteroatoms. The first-order chi connectivity index (χ1) is 6.43. The van der Waals surface area contributed by atoms with Gasteiger partial charge in [-0.25, -0.2) is 4.98 Å². The van der Waals surface area contributed by atoms with E-state index in [0.717, 1.165) is 0 Å². The van der Waals surface area contributed by atoms with Crippen molar-refractivity contribution in [3.8, 4) is 0 Å². The number of carbonyl (C=O) groups excluding carboxylic acids is 1. The second-order valence-electron chi connectivity index (χ2n) is 3.09. The molecule has 0 spiro atoms. The molecule has 14 heavy (non-hydrogen) atoms. The Labute approximate surface area is 92.6 Å². The van der Waals surface area contributed by atoms with Gasteiger partial charge in [0.05, 0.1) is 16.3 Å². The standard InChI is InChI=1S/C9H10Cl2N2O/c1-5-6(9(14)13(2)3)4-7(10)8(11)12-5/h4H,1-3H3. The summed E-state index contributed by atoms with van der Waals surface area (Å²) in [5, 5.41) is 0.516. The van der Waals surface area contributed by atoms with E-state index in [1.807, 2.05) is 0 Å². The maximum Gasteiger partial charge on any atom is 0.255 e. The predicted molar refractivity (Wildman–Crippen MR) is 57.0 cm³/mol. The van der Waals surface area contributed by atoms with Gasteiger partial charge in [0.1, 0.15) is 5.15 Å². The summed E-state index contributed by atoms with van der Waals surface area (Å²) >= 11 is 11.5. The van der Waals surface area contributed by atoms with Crippen molar-refractivity contribution in [3.05, 3.63) is 27.5 Å². The monoisotopic (exact) mass is 232 g/mol. The van der Waals surface area contributed by atoms with Crippen molar-refractivity contribution < 1.29 is 4.79 Å². The van der Waals surface area contributed by atoms with Crippen LogP contribution in [0.1, 0.15) is 16.1 Å². The van der Waals surface area contributed by atoms with Crippen LogP contribution in [0.4, 0.5) is 0 Å². The van der Waals surface area contributed by atoms with Gasteiger partial charge in [0.25, 0.3) is 5.91 Å². The van der Waals surface area contributed by atoms with Gasteiger partial charge in [0.15, 0.2) is 0 Å². The number of aromatic nitrogens is 1. The number of halogens is 2. The Hall–Kier alpha value is -0.800. The fourth-order valence-corrected chi connectivity index (χ4v) is 1.34. The molecule has 0 radical (unpaired) electrons. The molecule has 1 heterocycles. The van der Waals surface area contributed by atoms with E-state index in [9.17, 15) is 4.79 Å². The molecule has 0 bridgehead atoms. The van der Waals surface area contributed by atoms with Crippen LogP contribution in [-0.2, 0) is 0 Å². The quantitative estimate of drug-likeness (QED) is 0.698. The number of aryl methyl sites for hydroxylation is 1. The van der Waals surface area contributed by atoms with Crippen LogP contribution >= 0.6 is 23.2 Å². The zero-order valence-electron chi connectivity index (χ0n) is 8.14. The molecule has 0 aliphatic carbocycles. The van der Waals surface area contributed by atoms with Crippen molar-refractivity contribution in [2.75, 3.05) is 14.1 Å². The van der Waals surface area contributed by atoms with Gasteiger partial charge in [-0.05, 0) is 13.0 Å². The van der Waals surface area contributed by atoms with E-state index < -0.39 is 0 Å². The third-order valence-corrected chi connectivity index (χ3v) is 2.43. The summed E-state index contributed by atoms with van der Waals surface area (Å²) < 4.78 is 0. The number of hydrogen-bond acceptors (Lipinski definition) is 2. The molecule has 0 aliphatic heterocycles. The molecule has 0 atom stereocenters. The summed E-state index contributed by atoms with van der Waals surface area (Å²) in [5.41, 5.74) is 1.06. The number of nitrogens with zero attached hydrogens (tertiary/aromatic N) is 2. The van der Waals surface area contributed by atoms with Gasteiger partial charge >= 0.3 is 0 Å². The number of amides is 1. The van der Waals surface area contributed by atoms with E-state index >= 15 is 0 Å². The van der Waals surface area contributed by atoms with Gasteiger partial charge < -0.3 is 4.90 Å². The zero-order chi connectivity index (χ0) is 10.9. The highest BCUT2D eigenvalue weighted by Gasteiger charge is 2.14. The highest BCUT2D eigenvalue weighted by atomic mass is 35.5. The second kappa shape index (κ2) is 4.15. The first-order valence-electron chi connectivity index (χ1n) is 3.97. The highest BCUT2D eigenvalue weighted by molar-refractivity contribution is 6.41. The van der Waals surface area contributed by atoms with Gasteiger partial charge in [-0.1, -0.05) is 23.2 Å². The fourth-order valence-electron chi connectivity index (χ4n) is 1.01. The molecule has 1 rings (SSSR count). The normalized spacial score (nSPS) is 10.1. The van der Waals surface area contributed by atoms with Crippen molar-refractivity contribution in [1.29, 1.82) is 0 Å². The number of carbonyl (C=O) groups is 1. The molecular formula is C9H10Cl2N2O. The maximum atomic E-state index is 11.6. The molecule has 1 amide bonds. The van der Waals surface area contributed by atoms with Gasteiger partial charge in [-0.2, -0.15) is 0 Å². The maximum absolute atomic E-state index is 11.6. The summed E-state index contributed by atoms with van der Waals surface area (Å²) in [6.07, 6.45) is 0. The lowest BCUT2D eigenvalue weighted by atomic mass is 10.2. The van der Waals surface area contributed by atoms with E-state index in [1.54, 1.807) is 21.0 Å². The van der Waals surface area contributed by atoms with Crippen LogP contribution in [0.15, 0.2) is 6.07 Å². The van der Waals surface area contributed by atoms with Gasteiger partial charge in [-0.3, -0.25) is 4.79 Å². The lowest BCUT2D eigenvalue weighted by molar-refractivity contribution is 0.0826. The topological polar surface area (TPSA) is 33.2 Å². The van der Waals surface area contributed by atoms with Crippen LogP contribution in [0.5, 0.6) is 0 Å². The minimum Gasteiger partial charge on any atom is -0.345 e. The van der Waals surface area contributed by atoms with Crippen LogP contribution in [0.25, 0.3) is 0 Å². The Morgan fingerprint density at radius 3 is 2.50 bits per heavy atom. The summed E-state index contributed by atoms with van der Waals surface area (Å²) in [6, 6.07) is 1.54. The first-order valence-corrected chi connectivity index (χ1v) is 4.73. The van der Waals surface area contributed by atoms with E-state index in [2.05, 4.69) is 4.98 Å². The molecule has 1 aromatic heterocycles. The molecule has 1 aromatic rings. The molecule has 0 aromatic carbocycles. The second-order valence-corrected chi connectivity index (χ2v) is 3.86. The van der Waals surface area contributed by atoms with Gasteiger partial charge in [-0.15, -0.1) is 0 Å². The van der Waals surface area contributed by atoms with E-state index in [0.29, 0.717) is 16.3 Å². The average Bonchev–Trinajstić information content (AvgIpc) is 2.10. The number of hydrogen-bond donors (Lipinski definition) is 0. The van der Waals surface area contributed by atoms with Crippen molar-refractivity contribution >= 4 is 29.1 Å². The largest absolute Gasteiger partial charge is 0.345 e. The number of pyridine rings is 1. The fraction of sp³-hybridized carbons (Fsp3) is 0.333. The van der Waals surface area contributed by atoms with Crippen molar-refractivity contribution in [3.63, 3.8) is 0 Å². The Morgan fingerprint density at radius 2 is 2.00 bits per heavy atom. The van der Waals surface area contributed by atoms with Crippen LogP contribution in [0.2, 0.25) is 10.2 Å². The Morgan fingerprint density at radius 1 is 1.43 bits per heavy atom. The first kappa shape index (κ1) is 11.3. The van der Waals surface area contributed by atoms with E-state index in [1.165, 1.54) is 11.0 Å². The molecule has 76 valence electrons. The Bertz CT molecular complexity index is 377. The molecule has 3 nitrogen and oxygen atoms in total. The summed E-state index contributed by atoms with van der Waals surface area (Å²) in [7, 11) is 3.34. The molecule has 0 aliphatic rings. The summed E-state index contributed by atoms with van der Waals surface area (Å²) in [6.45, 7) is 1.72. The summed E-state index contributed by atoms with van der Waals surface area (Å²) in [4.78, 5) is 17.0. The average molecular weight is 233 g/mol. The van der Waals surface area contributed by atoms with Gasteiger partial charge in [0, 0.05) is 14.1 Å². The molecule has 0 unspecified atom stereocenters. The van der Waals surface area contributed by atoms with E-state index in [4.69, 9.17) is 23.2 Å². The van der Waals surface area contributed by atoms with Crippen molar-refractivity contribution in [2.45, 2.75) is 6.92 Å². The third kappa shape index (κ3) is 2.16. The predicted octanol–water partition coefficient (Wildman–Crippen LogP) is 2.40. The smallest absolute Gasteiger partial charge is 0.255 e. The third-order valence-electron chi connectivity index (χ3n) is 1.76. The van der Waals surface area contributed by atoms with E-state index in [-0.39, 0.29) is 11.1 Å². The molecule has 0 N–H and O–H groups in total.